The quantitative estimate of drug-likeness (QED) is 0.648. The summed E-state index contributed by atoms with van der Waals surface area (Å²) in [5.41, 5.74) is 0.758. The van der Waals surface area contributed by atoms with Gasteiger partial charge in [-0.1, -0.05) is 30.3 Å². The first-order valence-corrected chi connectivity index (χ1v) is 8.91. The Hall–Kier alpha value is -2.63. The van der Waals surface area contributed by atoms with Crippen molar-refractivity contribution < 1.29 is 19.1 Å². The zero-order valence-electron chi connectivity index (χ0n) is 15.5. The highest BCUT2D eigenvalue weighted by Gasteiger charge is 2.29. The van der Waals surface area contributed by atoms with E-state index in [9.17, 15) is 14.4 Å². The standard InChI is InChI=1S/C20H26N2O4/c1-14-8-7-9-15(2)22(14)19(24)13-26-20(25)18(21-16(3)23)12-17-10-5-4-6-11-17/h4-6,10-12,14-15H,7-9,13H2,1-3H3,(H,21,23)/b18-12-/t14-,15+. The number of rotatable bonds is 5. The summed E-state index contributed by atoms with van der Waals surface area (Å²) >= 11 is 0. The number of nitrogens with one attached hydrogen (secondary N) is 1. The average molecular weight is 358 g/mol. The van der Waals surface area contributed by atoms with Crippen LogP contribution in [0.5, 0.6) is 0 Å². The summed E-state index contributed by atoms with van der Waals surface area (Å²) in [7, 11) is 0. The molecular weight excluding hydrogens is 332 g/mol. The molecule has 26 heavy (non-hydrogen) atoms. The topological polar surface area (TPSA) is 75.7 Å². The van der Waals surface area contributed by atoms with Crippen LogP contribution in [0.15, 0.2) is 36.0 Å². The Bertz CT molecular complexity index is 674. The van der Waals surface area contributed by atoms with E-state index >= 15 is 0 Å². The van der Waals surface area contributed by atoms with Crippen molar-refractivity contribution in [3.05, 3.63) is 41.6 Å². The van der Waals surface area contributed by atoms with E-state index < -0.39 is 5.97 Å². The summed E-state index contributed by atoms with van der Waals surface area (Å²) in [6.45, 7) is 4.99. The molecule has 1 aromatic rings. The first-order chi connectivity index (χ1) is 12.4. The molecule has 0 unspecified atom stereocenters. The van der Waals surface area contributed by atoms with E-state index in [4.69, 9.17) is 4.74 Å². The summed E-state index contributed by atoms with van der Waals surface area (Å²) in [4.78, 5) is 38.0. The van der Waals surface area contributed by atoms with Crippen LogP contribution in [0.3, 0.4) is 0 Å². The van der Waals surface area contributed by atoms with Crippen molar-refractivity contribution in [3.63, 3.8) is 0 Å². The van der Waals surface area contributed by atoms with Gasteiger partial charge in [-0.15, -0.1) is 0 Å². The lowest BCUT2D eigenvalue weighted by molar-refractivity contribution is -0.152. The van der Waals surface area contributed by atoms with E-state index in [1.807, 2.05) is 32.0 Å². The molecule has 6 nitrogen and oxygen atoms in total. The Morgan fingerprint density at radius 1 is 1.15 bits per heavy atom. The molecule has 1 fully saturated rings. The van der Waals surface area contributed by atoms with Gasteiger partial charge >= 0.3 is 5.97 Å². The average Bonchev–Trinajstić information content (AvgIpc) is 2.59. The van der Waals surface area contributed by atoms with Crippen LogP contribution in [0.1, 0.15) is 45.6 Å². The van der Waals surface area contributed by atoms with Crippen LogP contribution in [0.4, 0.5) is 0 Å². The first-order valence-electron chi connectivity index (χ1n) is 8.91. The first kappa shape index (κ1) is 19.7. The highest BCUT2D eigenvalue weighted by atomic mass is 16.5. The van der Waals surface area contributed by atoms with Crippen LogP contribution in [0.25, 0.3) is 6.08 Å². The van der Waals surface area contributed by atoms with E-state index in [2.05, 4.69) is 5.32 Å². The summed E-state index contributed by atoms with van der Waals surface area (Å²) < 4.78 is 5.18. The van der Waals surface area contributed by atoms with Crippen molar-refractivity contribution >= 4 is 23.9 Å². The molecule has 0 bridgehead atoms. The second-order valence-corrected chi connectivity index (χ2v) is 6.66. The van der Waals surface area contributed by atoms with Crippen LogP contribution in [0, 0.1) is 0 Å². The Kier molecular flexibility index (Phi) is 6.95. The summed E-state index contributed by atoms with van der Waals surface area (Å²) in [6, 6.07) is 9.39. The molecule has 1 saturated heterocycles. The maximum atomic E-state index is 12.5. The fourth-order valence-corrected chi connectivity index (χ4v) is 3.24. The van der Waals surface area contributed by atoms with Crippen molar-refractivity contribution in [2.75, 3.05) is 6.61 Å². The molecule has 0 aromatic heterocycles. The Morgan fingerprint density at radius 2 is 1.77 bits per heavy atom. The molecule has 0 saturated carbocycles. The molecule has 1 heterocycles. The third kappa shape index (κ3) is 5.44. The Labute approximate surface area is 154 Å². The fourth-order valence-electron chi connectivity index (χ4n) is 3.24. The van der Waals surface area contributed by atoms with E-state index in [0.29, 0.717) is 0 Å². The summed E-state index contributed by atoms with van der Waals surface area (Å²) in [5.74, 6) is -1.32. The molecular formula is C20H26N2O4. The molecule has 0 spiro atoms. The number of hydrogen-bond donors (Lipinski definition) is 1. The molecule has 2 atom stereocenters. The number of carbonyl (C=O) groups excluding carboxylic acids is 3. The van der Waals surface area contributed by atoms with Crippen LogP contribution in [-0.4, -0.2) is 41.4 Å². The number of esters is 1. The Morgan fingerprint density at radius 3 is 2.35 bits per heavy atom. The van der Waals surface area contributed by atoms with Gasteiger partial charge < -0.3 is 15.0 Å². The molecule has 1 aliphatic rings. The molecule has 140 valence electrons. The lowest BCUT2D eigenvalue weighted by Gasteiger charge is -2.38. The van der Waals surface area contributed by atoms with Gasteiger partial charge in [0.2, 0.25) is 5.91 Å². The molecule has 1 aromatic carbocycles. The Balaban J connectivity index is 2.03. The smallest absolute Gasteiger partial charge is 0.355 e. The van der Waals surface area contributed by atoms with Gasteiger partial charge in [0.15, 0.2) is 6.61 Å². The van der Waals surface area contributed by atoms with Gasteiger partial charge in [-0.05, 0) is 44.7 Å². The highest BCUT2D eigenvalue weighted by molar-refractivity contribution is 5.98. The summed E-state index contributed by atoms with van der Waals surface area (Å²) in [6.07, 6.45) is 4.53. The van der Waals surface area contributed by atoms with E-state index in [1.165, 1.54) is 13.0 Å². The van der Waals surface area contributed by atoms with Gasteiger partial charge in [0.05, 0.1) is 0 Å². The predicted octanol–water partition coefficient (Wildman–Crippen LogP) is 2.50. The van der Waals surface area contributed by atoms with Crippen LogP contribution in [-0.2, 0) is 19.1 Å². The number of benzene rings is 1. The van der Waals surface area contributed by atoms with Crippen LogP contribution >= 0.6 is 0 Å². The maximum Gasteiger partial charge on any atom is 0.355 e. The second-order valence-electron chi connectivity index (χ2n) is 6.66. The van der Waals surface area contributed by atoms with Crippen molar-refractivity contribution in [3.8, 4) is 0 Å². The number of ether oxygens (including phenoxy) is 1. The minimum atomic E-state index is -0.727. The number of piperidine rings is 1. The van der Waals surface area contributed by atoms with Gasteiger partial charge in [0.1, 0.15) is 5.70 Å². The third-order valence-electron chi connectivity index (χ3n) is 4.45. The molecule has 1 aliphatic heterocycles. The number of likely N-dealkylation sites (tertiary alicyclic amines) is 1. The zero-order chi connectivity index (χ0) is 19.1. The van der Waals surface area contributed by atoms with Crippen molar-refractivity contribution in [1.82, 2.24) is 10.2 Å². The van der Waals surface area contributed by atoms with Crippen molar-refractivity contribution in [1.29, 1.82) is 0 Å². The fraction of sp³-hybridized carbons (Fsp3) is 0.450. The minimum Gasteiger partial charge on any atom is -0.451 e. The number of hydrogen-bond acceptors (Lipinski definition) is 4. The largest absolute Gasteiger partial charge is 0.451 e. The molecule has 2 amide bonds. The van der Waals surface area contributed by atoms with E-state index in [1.54, 1.807) is 17.0 Å². The predicted molar refractivity (Wildman–Crippen MR) is 98.8 cm³/mol. The number of amides is 2. The van der Waals surface area contributed by atoms with E-state index in [-0.39, 0.29) is 36.2 Å². The van der Waals surface area contributed by atoms with Gasteiger partial charge in [0, 0.05) is 19.0 Å². The monoisotopic (exact) mass is 358 g/mol. The van der Waals surface area contributed by atoms with Crippen molar-refractivity contribution in [2.45, 2.75) is 52.1 Å². The van der Waals surface area contributed by atoms with Gasteiger partial charge in [-0.25, -0.2) is 4.79 Å². The van der Waals surface area contributed by atoms with E-state index in [0.717, 1.165) is 24.8 Å². The lowest BCUT2D eigenvalue weighted by Crippen LogP contribution is -2.49. The molecule has 0 aliphatic carbocycles. The molecule has 6 heteroatoms. The van der Waals surface area contributed by atoms with Gasteiger partial charge in [-0.3, -0.25) is 9.59 Å². The molecule has 2 rings (SSSR count). The molecule has 0 radical (unpaired) electrons. The summed E-state index contributed by atoms with van der Waals surface area (Å²) in [5, 5.41) is 2.47. The number of nitrogens with zero attached hydrogens (tertiary/aromatic N) is 1. The van der Waals surface area contributed by atoms with Crippen LogP contribution < -0.4 is 5.32 Å². The lowest BCUT2D eigenvalue weighted by atomic mass is 9.97. The second kappa shape index (κ2) is 9.17. The van der Waals surface area contributed by atoms with Crippen LogP contribution in [0.2, 0.25) is 0 Å². The zero-order valence-corrected chi connectivity index (χ0v) is 15.5. The maximum absolute atomic E-state index is 12.5. The molecule has 1 N–H and O–H groups in total. The van der Waals surface area contributed by atoms with Crippen molar-refractivity contribution in [2.24, 2.45) is 0 Å². The number of carbonyl (C=O) groups is 3. The van der Waals surface area contributed by atoms with Gasteiger partial charge in [0.25, 0.3) is 5.91 Å². The normalized spacial score (nSPS) is 20.4. The van der Waals surface area contributed by atoms with Gasteiger partial charge in [-0.2, -0.15) is 0 Å². The third-order valence-corrected chi connectivity index (χ3v) is 4.45. The SMILES string of the molecule is CC(=O)N/C(=C\c1ccccc1)C(=O)OCC(=O)N1[C@H](C)CCC[C@@H]1C. The minimum absolute atomic E-state index is 0.0104. The highest BCUT2D eigenvalue weighted by Crippen LogP contribution is 2.22.